The molecule has 3 N–H and O–H groups in total. The largest absolute Gasteiger partial charge is 0.378 e. The highest BCUT2D eigenvalue weighted by Crippen LogP contribution is 2.48. The molecule has 1 aromatic carbocycles. The van der Waals surface area contributed by atoms with Crippen molar-refractivity contribution < 1.29 is 31.1 Å². The first-order valence-corrected chi connectivity index (χ1v) is 11.6. The summed E-state index contributed by atoms with van der Waals surface area (Å²) in [6.07, 6.45) is -5.81. The maximum Gasteiger partial charge on any atom is 0.266 e. The summed E-state index contributed by atoms with van der Waals surface area (Å²) in [4.78, 5) is 26.0. The number of amides is 1. The molecule has 196 valence electrons. The molecular formula is C24H26F6N4O2. The van der Waals surface area contributed by atoms with Crippen LogP contribution in [-0.2, 0) is 5.54 Å². The first-order valence-electron chi connectivity index (χ1n) is 11.6. The Bertz CT molecular complexity index is 1180. The van der Waals surface area contributed by atoms with Gasteiger partial charge < -0.3 is 20.5 Å². The van der Waals surface area contributed by atoms with E-state index in [-0.39, 0.29) is 36.2 Å². The van der Waals surface area contributed by atoms with Gasteiger partial charge in [0, 0.05) is 24.4 Å². The molecule has 6 nitrogen and oxygen atoms in total. The number of piperidine rings is 1. The van der Waals surface area contributed by atoms with Crippen molar-refractivity contribution in [3.05, 3.63) is 63.3 Å². The molecule has 1 aliphatic carbocycles. The summed E-state index contributed by atoms with van der Waals surface area (Å²) < 4.78 is 83.5. The summed E-state index contributed by atoms with van der Waals surface area (Å²) in [6, 6.07) is 2.56. The van der Waals surface area contributed by atoms with Crippen LogP contribution in [0.5, 0.6) is 0 Å². The fraction of sp³-hybridized carbons (Fsp3) is 0.500. The van der Waals surface area contributed by atoms with Gasteiger partial charge in [-0.15, -0.1) is 0 Å². The van der Waals surface area contributed by atoms with Crippen molar-refractivity contribution >= 4 is 11.6 Å². The van der Waals surface area contributed by atoms with E-state index in [4.69, 9.17) is 0 Å². The van der Waals surface area contributed by atoms with E-state index < -0.39 is 59.5 Å². The van der Waals surface area contributed by atoms with E-state index in [0.29, 0.717) is 13.0 Å². The highest BCUT2D eigenvalue weighted by Gasteiger charge is 2.53. The second kappa shape index (κ2) is 10.2. The standard InChI is InChI=1S/C24H26F6N4O2/c1-12(13-3-2-4-14(20(13)26)21(27)28)32-22(36)15-11-34(24(6-7-24)23(29)30)19(35)9-18(15)33-17-5-8-31-10-16(17)25/h2-4,9,11-12,16-17,21,23,31,33H,5-8,10H2,1H3,(H,32,36)/t12-,16+,17-/m1/s1. The van der Waals surface area contributed by atoms with Crippen molar-refractivity contribution in [2.45, 2.75) is 62.8 Å². The molecule has 3 atom stereocenters. The minimum Gasteiger partial charge on any atom is -0.378 e. The molecule has 12 heteroatoms. The first-order chi connectivity index (χ1) is 17.0. The third-order valence-corrected chi connectivity index (χ3v) is 6.80. The molecular weight excluding hydrogens is 490 g/mol. The van der Waals surface area contributed by atoms with E-state index in [1.807, 2.05) is 0 Å². The van der Waals surface area contributed by atoms with Crippen LogP contribution < -0.4 is 21.5 Å². The Morgan fingerprint density at radius 2 is 1.89 bits per heavy atom. The zero-order chi connectivity index (χ0) is 26.2. The van der Waals surface area contributed by atoms with Gasteiger partial charge in [0.25, 0.3) is 24.3 Å². The number of rotatable bonds is 8. The summed E-state index contributed by atoms with van der Waals surface area (Å²) >= 11 is 0. The number of nitrogens with zero attached hydrogens (tertiary/aromatic N) is 1. The maximum atomic E-state index is 14.6. The normalized spacial score (nSPS) is 21.9. The lowest BCUT2D eigenvalue weighted by molar-refractivity contribution is 0.0648. The van der Waals surface area contributed by atoms with Gasteiger partial charge in [-0.3, -0.25) is 9.59 Å². The van der Waals surface area contributed by atoms with Gasteiger partial charge in [-0.25, -0.2) is 26.3 Å². The molecule has 1 aliphatic heterocycles. The van der Waals surface area contributed by atoms with Gasteiger partial charge in [-0.1, -0.05) is 18.2 Å². The third kappa shape index (κ3) is 4.95. The van der Waals surface area contributed by atoms with Gasteiger partial charge in [0.15, 0.2) is 0 Å². The quantitative estimate of drug-likeness (QED) is 0.458. The predicted octanol–water partition coefficient (Wildman–Crippen LogP) is 4.28. The lowest BCUT2D eigenvalue weighted by Gasteiger charge is -2.29. The van der Waals surface area contributed by atoms with Crippen molar-refractivity contribution in [2.75, 3.05) is 18.4 Å². The number of carbonyl (C=O) groups excluding carboxylic acids is 1. The molecule has 1 aromatic heterocycles. The van der Waals surface area contributed by atoms with Crippen molar-refractivity contribution in [1.82, 2.24) is 15.2 Å². The van der Waals surface area contributed by atoms with Crippen LogP contribution in [0.4, 0.5) is 32.0 Å². The van der Waals surface area contributed by atoms with Crippen molar-refractivity contribution in [2.24, 2.45) is 0 Å². The lowest BCUT2D eigenvalue weighted by Crippen LogP contribution is -2.46. The average Bonchev–Trinajstić information content (AvgIpc) is 3.62. The molecule has 0 bridgehead atoms. The predicted molar refractivity (Wildman–Crippen MR) is 121 cm³/mol. The second-order valence-electron chi connectivity index (χ2n) is 9.22. The molecule has 2 aromatic rings. The molecule has 2 heterocycles. The number of halogens is 6. The lowest BCUT2D eigenvalue weighted by atomic mass is 10.0. The van der Waals surface area contributed by atoms with Crippen LogP contribution in [0.3, 0.4) is 0 Å². The van der Waals surface area contributed by atoms with Crippen LogP contribution in [0.15, 0.2) is 35.3 Å². The van der Waals surface area contributed by atoms with Gasteiger partial charge in [-0.05, 0) is 32.7 Å². The highest BCUT2D eigenvalue weighted by molar-refractivity contribution is 5.99. The van der Waals surface area contributed by atoms with E-state index in [9.17, 15) is 35.9 Å². The number of hydrogen-bond donors (Lipinski definition) is 3. The number of nitrogens with one attached hydrogen (secondary N) is 3. The molecule has 2 fully saturated rings. The van der Waals surface area contributed by atoms with E-state index in [1.54, 1.807) is 0 Å². The zero-order valence-corrected chi connectivity index (χ0v) is 19.3. The van der Waals surface area contributed by atoms with Crippen LogP contribution in [0.2, 0.25) is 0 Å². The fourth-order valence-corrected chi connectivity index (χ4v) is 4.48. The van der Waals surface area contributed by atoms with E-state index in [0.717, 1.165) is 22.9 Å². The fourth-order valence-electron chi connectivity index (χ4n) is 4.48. The summed E-state index contributed by atoms with van der Waals surface area (Å²) in [7, 11) is 0. The highest BCUT2D eigenvalue weighted by atomic mass is 19.3. The van der Waals surface area contributed by atoms with Gasteiger partial charge in [-0.2, -0.15) is 0 Å². The van der Waals surface area contributed by atoms with Crippen LogP contribution >= 0.6 is 0 Å². The SMILES string of the molecule is C[C@@H](NC(=O)c1cn(C2(C(F)F)CC2)c(=O)cc1N[C@@H]1CCNC[C@@H]1F)c1cccc(C(F)F)c1F. The van der Waals surface area contributed by atoms with Gasteiger partial charge in [0.05, 0.1) is 28.9 Å². The van der Waals surface area contributed by atoms with Crippen LogP contribution in [-0.4, -0.2) is 42.2 Å². The van der Waals surface area contributed by atoms with Crippen LogP contribution in [0.25, 0.3) is 0 Å². The first kappa shape index (κ1) is 26.1. The summed E-state index contributed by atoms with van der Waals surface area (Å²) in [5.41, 5.74) is -3.80. The Morgan fingerprint density at radius 1 is 1.19 bits per heavy atom. The number of anilines is 1. The number of alkyl halides is 5. The molecule has 1 saturated heterocycles. The van der Waals surface area contributed by atoms with Gasteiger partial charge in [0.2, 0.25) is 0 Å². The molecule has 0 radical (unpaired) electrons. The molecule has 1 saturated carbocycles. The third-order valence-electron chi connectivity index (χ3n) is 6.80. The molecule has 36 heavy (non-hydrogen) atoms. The minimum absolute atomic E-state index is 0.0429. The number of hydrogen-bond acceptors (Lipinski definition) is 4. The topological polar surface area (TPSA) is 75.2 Å². The van der Waals surface area contributed by atoms with Crippen LogP contribution in [0, 0.1) is 5.82 Å². The summed E-state index contributed by atoms with van der Waals surface area (Å²) in [6.45, 7) is 1.92. The molecule has 4 rings (SSSR count). The second-order valence-corrected chi connectivity index (χ2v) is 9.22. The smallest absolute Gasteiger partial charge is 0.266 e. The molecule has 0 unspecified atom stereocenters. The average molecular weight is 516 g/mol. The molecule has 1 amide bonds. The minimum atomic E-state index is -3.06. The number of benzene rings is 1. The Hall–Kier alpha value is -3.02. The molecule has 0 spiro atoms. The Kier molecular flexibility index (Phi) is 7.35. The zero-order valence-electron chi connectivity index (χ0n) is 19.3. The Balaban J connectivity index is 1.69. The van der Waals surface area contributed by atoms with Gasteiger partial charge in [0.1, 0.15) is 17.5 Å². The van der Waals surface area contributed by atoms with Crippen molar-refractivity contribution in [3.8, 4) is 0 Å². The Morgan fingerprint density at radius 3 is 2.50 bits per heavy atom. The Labute approximate surface area is 203 Å². The van der Waals surface area contributed by atoms with Crippen molar-refractivity contribution in [3.63, 3.8) is 0 Å². The maximum absolute atomic E-state index is 14.6. The number of pyridine rings is 1. The number of carbonyl (C=O) groups is 1. The summed E-state index contributed by atoms with van der Waals surface area (Å²) in [5, 5.41) is 8.21. The number of aromatic nitrogens is 1. The molecule has 2 aliphatic rings. The van der Waals surface area contributed by atoms with Crippen molar-refractivity contribution in [1.29, 1.82) is 0 Å². The van der Waals surface area contributed by atoms with Crippen LogP contribution in [0.1, 0.15) is 60.1 Å². The monoisotopic (exact) mass is 516 g/mol. The van der Waals surface area contributed by atoms with Gasteiger partial charge >= 0.3 is 0 Å². The van der Waals surface area contributed by atoms with E-state index in [2.05, 4.69) is 16.0 Å². The van der Waals surface area contributed by atoms with E-state index in [1.165, 1.54) is 19.1 Å². The van der Waals surface area contributed by atoms with E-state index >= 15 is 0 Å². The summed E-state index contributed by atoms with van der Waals surface area (Å²) in [5.74, 6) is -2.04.